The van der Waals surface area contributed by atoms with E-state index in [2.05, 4.69) is 15.8 Å². The van der Waals surface area contributed by atoms with Crippen molar-refractivity contribution in [3.05, 3.63) is 29.8 Å². The van der Waals surface area contributed by atoms with Gasteiger partial charge in [-0.2, -0.15) is 5.10 Å². The second kappa shape index (κ2) is 7.42. The Morgan fingerprint density at radius 2 is 1.95 bits per heavy atom. The van der Waals surface area contributed by atoms with Gasteiger partial charge < -0.3 is 10.4 Å². The van der Waals surface area contributed by atoms with Crippen molar-refractivity contribution in [1.82, 2.24) is 10.7 Å². The molecule has 3 N–H and O–H groups in total. The fourth-order valence-electron chi connectivity index (χ4n) is 2.32. The average Bonchev–Trinajstić information content (AvgIpc) is 2.48. The SMILES string of the molecule is O=C(N/N=C\c1cccc(O)c1)C(=O)NC1CCCCC1. The number of amides is 2. The summed E-state index contributed by atoms with van der Waals surface area (Å²) in [6, 6.07) is 6.50. The summed E-state index contributed by atoms with van der Waals surface area (Å²) in [4.78, 5) is 23.3. The number of carbonyl (C=O) groups is 2. The lowest BCUT2D eigenvalue weighted by atomic mass is 9.95. The second-order valence-electron chi connectivity index (χ2n) is 5.10. The highest BCUT2D eigenvalue weighted by Gasteiger charge is 2.19. The first-order chi connectivity index (χ1) is 10.1. The monoisotopic (exact) mass is 289 g/mol. The molecule has 21 heavy (non-hydrogen) atoms. The molecule has 0 aromatic heterocycles. The number of hydrogen-bond donors (Lipinski definition) is 3. The number of hydrazone groups is 1. The highest BCUT2D eigenvalue weighted by molar-refractivity contribution is 6.35. The highest BCUT2D eigenvalue weighted by atomic mass is 16.3. The minimum absolute atomic E-state index is 0.0899. The van der Waals surface area contributed by atoms with E-state index >= 15 is 0 Å². The molecule has 1 fully saturated rings. The Balaban J connectivity index is 1.79. The van der Waals surface area contributed by atoms with Crippen LogP contribution in [0, 0.1) is 0 Å². The summed E-state index contributed by atoms with van der Waals surface area (Å²) in [5.74, 6) is -1.33. The summed E-state index contributed by atoms with van der Waals surface area (Å²) in [7, 11) is 0. The van der Waals surface area contributed by atoms with Gasteiger partial charge in [0.25, 0.3) is 0 Å². The Morgan fingerprint density at radius 1 is 1.19 bits per heavy atom. The number of rotatable bonds is 3. The van der Waals surface area contributed by atoms with E-state index < -0.39 is 11.8 Å². The summed E-state index contributed by atoms with van der Waals surface area (Å²) in [5.41, 5.74) is 2.80. The van der Waals surface area contributed by atoms with Gasteiger partial charge in [0, 0.05) is 6.04 Å². The van der Waals surface area contributed by atoms with Gasteiger partial charge in [0.1, 0.15) is 5.75 Å². The molecule has 0 spiro atoms. The number of aromatic hydroxyl groups is 1. The molecule has 1 aromatic rings. The van der Waals surface area contributed by atoms with Crippen molar-refractivity contribution in [2.24, 2.45) is 5.10 Å². The van der Waals surface area contributed by atoms with Crippen LogP contribution in [-0.2, 0) is 9.59 Å². The maximum atomic E-state index is 11.7. The fourth-order valence-corrected chi connectivity index (χ4v) is 2.32. The minimum Gasteiger partial charge on any atom is -0.508 e. The van der Waals surface area contributed by atoms with Crippen molar-refractivity contribution < 1.29 is 14.7 Å². The predicted octanol–water partition coefficient (Wildman–Crippen LogP) is 1.29. The molecule has 1 aromatic carbocycles. The number of phenols is 1. The molecule has 6 nitrogen and oxygen atoms in total. The molecule has 1 saturated carbocycles. The fraction of sp³-hybridized carbons (Fsp3) is 0.400. The molecule has 0 unspecified atom stereocenters. The van der Waals surface area contributed by atoms with E-state index in [-0.39, 0.29) is 11.8 Å². The van der Waals surface area contributed by atoms with Crippen LogP contribution in [0.2, 0.25) is 0 Å². The zero-order valence-electron chi connectivity index (χ0n) is 11.7. The lowest BCUT2D eigenvalue weighted by Crippen LogP contribution is -2.44. The smallest absolute Gasteiger partial charge is 0.329 e. The molecule has 0 atom stereocenters. The van der Waals surface area contributed by atoms with Gasteiger partial charge >= 0.3 is 11.8 Å². The van der Waals surface area contributed by atoms with E-state index in [1.54, 1.807) is 12.1 Å². The maximum absolute atomic E-state index is 11.7. The number of benzene rings is 1. The topological polar surface area (TPSA) is 90.8 Å². The third-order valence-corrected chi connectivity index (χ3v) is 3.40. The summed E-state index contributed by atoms with van der Waals surface area (Å²) in [6.45, 7) is 0. The molecule has 1 aliphatic carbocycles. The van der Waals surface area contributed by atoms with Crippen molar-refractivity contribution in [2.45, 2.75) is 38.1 Å². The Hall–Kier alpha value is -2.37. The molecule has 2 rings (SSSR count). The molecule has 0 aliphatic heterocycles. The molecular formula is C15H19N3O3. The summed E-state index contributed by atoms with van der Waals surface area (Å²) < 4.78 is 0. The average molecular weight is 289 g/mol. The lowest BCUT2D eigenvalue weighted by Gasteiger charge is -2.22. The van der Waals surface area contributed by atoms with E-state index in [0.29, 0.717) is 5.56 Å². The van der Waals surface area contributed by atoms with Crippen LogP contribution in [0.15, 0.2) is 29.4 Å². The number of hydrogen-bond acceptors (Lipinski definition) is 4. The second-order valence-corrected chi connectivity index (χ2v) is 5.10. The summed E-state index contributed by atoms with van der Waals surface area (Å²) >= 11 is 0. The van der Waals surface area contributed by atoms with Crippen LogP contribution in [0.1, 0.15) is 37.7 Å². The van der Waals surface area contributed by atoms with Crippen LogP contribution in [0.25, 0.3) is 0 Å². The number of phenolic OH excluding ortho intramolecular Hbond substituents is 1. The van der Waals surface area contributed by atoms with Gasteiger partial charge in [-0.05, 0) is 30.5 Å². The molecule has 0 radical (unpaired) electrons. The molecule has 1 aliphatic rings. The molecule has 2 amide bonds. The van der Waals surface area contributed by atoms with E-state index in [0.717, 1.165) is 25.7 Å². The van der Waals surface area contributed by atoms with E-state index in [9.17, 15) is 14.7 Å². The molecular weight excluding hydrogens is 270 g/mol. The maximum Gasteiger partial charge on any atom is 0.329 e. The summed E-state index contributed by atoms with van der Waals surface area (Å²) in [6.07, 6.45) is 6.57. The van der Waals surface area contributed by atoms with Crippen LogP contribution in [-0.4, -0.2) is 29.2 Å². The largest absolute Gasteiger partial charge is 0.508 e. The van der Waals surface area contributed by atoms with E-state index in [4.69, 9.17) is 0 Å². The Labute approximate surface area is 123 Å². The number of nitrogens with one attached hydrogen (secondary N) is 2. The number of carbonyl (C=O) groups excluding carboxylic acids is 2. The van der Waals surface area contributed by atoms with Gasteiger partial charge in [0.05, 0.1) is 6.21 Å². The normalized spacial score (nSPS) is 15.8. The summed E-state index contributed by atoms with van der Waals surface area (Å²) in [5, 5.41) is 15.7. The van der Waals surface area contributed by atoms with Crippen molar-refractivity contribution >= 4 is 18.0 Å². The van der Waals surface area contributed by atoms with Gasteiger partial charge in [0.15, 0.2) is 0 Å². The first-order valence-corrected chi connectivity index (χ1v) is 7.08. The van der Waals surface area contributed by atoms with Gasteiger partial charge in [-0.25, -0.2) is 5.43 Å². The van der Waals surface area contributed by atoms with Crippen LogP contribution in [0.3, 0.4) is 0 Å². The lowest BCUT2D eigenvalue weighted by molar-refractivity contribution is -0.139. The van der Waals surface area contributed by atoms with Crippen molar-refractivity contribution in [1.29, 1.82) is 0 Å². The third kappa shape index (κ3) is 4.91. The van der Waals surface area contributed by atoms with E-state index in [1.165, 1.54) is 24.8 Å². The Kier molecular flexibility index (Phi) is 5.31. The number of nitrogens with zero attached hydrogens (tertiary/aromatic N) is 1. The van der Waals surface area contributed by atoms with Crippen LogP contribution in [0.4, 0.5) is 0 Å². The standard InChI is InChI=1S/C15H19N3O3/c19-13-8-4-5-11(9-13)10-16-18-15(21)14(20)17-12-6-2-1-3-7-12/h4-5,8-10,12,19H,1-3,6-7H2,(H,17,20)(H,18,21)/b16-10-. The molecule has 112 valence electrons. The van der Waals surface area contributed by atoms with Gasteiger partial charge in [-0.1, -0.05) is 31.4 Å². The van der Waals surface area contributed by atoms with E-state index in [1.807, 2.05) is 0 Å². The molecule has 0 saturated heterocycles. The van der Waals surface area contributed by atoms with Gasteiger partial charge in [-0.3, -0.25) is 9.59 Å². The Bertz CT molecular complexity index is 537. The zero-order valence-corrected chi connectivity index (χ0v) is 11.7. The first kappa shape index (κ1) is 15.0. The quantitative estimate of drug-likeness (QED) is 0.445. The molecule has 0 bridgehead atoms. The van der Waals surface area contributed by atoms with Gasteiger partial charge in [-0.15, -0.1) is 0 Å². The molecule has 6 heteroatoms. The highest BCUT2D eigenvalue weighted by Crippen LogP contribution is 2.17. The van der Waals surface area contributed by atoms with Crippen molar-refractivity contribution in [2.75, 3.05) is 0 Å². The Morgan fingerprint density at radius 3 is 2.67 bits per heavy atom. The molecule has 0 heterocycles. The predicted molar refractivity (Wildman–Crippen MR) is 78.9 cm³/mol. The first-order valence-electron chi connectivity index (χ1n) is 7.08. The van der Waals surface area contributed by atoms with Crippen molar-refractivity contribution in [3.8, 4) is 5.75 Å². The van der Waals surface area contributed by atoms with Crippen LogP contribution in [0.5, 0.6) is 5.75 Å². The van der Waals surface area contributed by atoms with Gasteiger partial charge in [0.2, 0.25) is 0 Å². The minimum atomic E-state index is -0.781. The van der Waals surface area contributed by atoms with Crippen LogP contribution < -0.4 is 10.7 Å². The van der Waals surface area contributed by atoms with Crippen molar-refractivity contribution in [3.63, 3.8) is 0 Å². The zero-order chi connectivity index (χ0) is 15.1. The van der Waals surface area contributed by atoms with Crippen LogP contribution >= 0.6 is 0 Å². The third-order valence-electron chi connectivity index (χ3n) is 3.40.